The van der Waals surface area contributed by atoms with Gasteiger partial charge in [0.2, 0.25) is 0 Å². The maximum absolute atomic E-state index is 5.52. The second-order valence-electron chi connectivity index (χ2n) is 6.05. The molecular weight excluding hydrogens is 290 g/mol. The Kier molecular flexibility index (Phi) is 5.31. The summed E-state index contributed by atoms with van der Waals surface area (Å²) in [6.45, 7) is 2.50. The molecule has 5 heteroatoms. The zero-order valence-corrected chi connectivity index (χ0v) is 13.9. The molecule has 1 atom stereocenters. The minimum absolute atomic E-state index is 0.251. The number of methoxy groups -OCH3 is 1. The van der Waals surface area contributed by atoms with Gasteiger partial charge in [0.15, 0.2) is 0 Å². The van der Waals surface area contributed by atoms with Crippen molar-refractivity contribution in [1.82, 2.24) is 14.9 Å². The van der Waals surface area contributed by atoms with Crippen molar-refractivity contribution < 1.29 is 9.47 Å². The number of rotatable bonds is 6. The second-order valence-corrected chi connectivity index (χ2v) is 6.05. The summed E-state index contributed by atoms with van der Waals surface area (Å²) in [5.74, 6) is 2.55. The van der Waals surface area contributed by atoms with Gasteiger partial charge in [-0.15, -0.1) is 0 Å². The summed E-state index contributed by atoms with van der Waals surface area (Å²) in [6, 6.07) is 8.46. The number of benzene rings is 1. The van der Waals surface area contributed by atoms with Crippen LogP contribution in [-0.2, 0) is 18.3 Å². The summed E-state index contributed by atoms with van der Waals surface area (Å²) in [5, 5.41) is 3.71. The predicted molar refractivity (Wildman–Crippen MR) is 89.3 cm³/mol. The van der Waals surface area contributed by atoms with E-state index in [1.165, 1.54) is 5.56 Å². The van der Waals surface area contributed by atoms with Gasteiger partial charge in [-0.05, 0) is 36.5 Å². The van der Waals surface area contributed by atoms with Crippen LogP contribution in [0.5, 0.6) is 5.75 Å². The van der Waals surface area contributed by atoms with Crippen LogP contribution in [-0.4, -0.2) is 29.9 Å². The average Bonchev–Trinajstić information content (AvgIpc) is 3.03. The Morgan fingerprint density at radius 2 is 2.04 bits per heavy atom. The van der Waals surface area contributed by atoms with Gasteiger partial charge >= 0.3 is 0 Å². The predicted octanol–water partition coefficient (Wildman–Crippen LogP) is 2.69. The quantitative estimate of drug-likeness (QED) is 0.890. The molecule has 2 heterocycles. The first-order chi connectivity index (χ1) is 11.3. The number of hydrogen-bond acceptors (Lipinski definition) is 4. The molecule has 0 spiro atoms. The maximum Gasteiger partial charge on any atom is 0.125 e. The molecule has 1 aromatic heterocycles. The largest absolute Gasteiger partial charge is 0.497 e. The van der Waals surface area contributed by atoms with Crippen LogP contribution >= 0.6 is 0 Å². The van der Waals surface area contributed by atoms with E-state index in [2.05, 4.69) is 34.0 Å². The normalized spacial score (nSPS) is 17.1. The fraction of sp³-hybridized carbons (Fsp3) is 0.500. The summed E-state index contributed by atoms with van der Waals surface area (Å²) in [4.78, 5) is 4.57. The van der Waals surface area contributed by atoms with Crippen LogP contribution in [0, 0.1) is 5.92 Å². The molecule has 1 N–H and O–H groups in total. The first-order valence-electron chi connectivity index (χ1n) is 8.19. The average molecular weight is 315 g/mol. The number of hydrogen-bond donors (Lipinski definition) is 1. The molecule has 1 saturated heterocycles. The second kappa shape index (κ2) is 7.62. The highest BCUT2D eigenvalue weighted by Crippen LogP contribution is 2.29. The van der Waals surface area contributed by atoms with Crippen molar-refractivity contribution in [2.24, 2.45) is 13.0 Å². The zero-order chi connectivity index (χ0) is 16.1. The van der Waals surface area contributed by atoms with E-state index in [-0.39, 0.29) is 6.04 Å². The number of aryl methyl sites for hydroxylation is 1. The van der Waals surface area contributed by atoms with E-state index in [0.29, 0.717) is 5.92 Å². The molecule has 0 radical (unpaired) electrons. The van der Waals surface area contributed by atoms with Crippen LogP contribution < -0.4 is 10.1 Å². The van der Waals surface area contributed by atoms with Crippen molar-refractivity contribution in [2.45, 2.75) is 25.4 Å². The highest BCUT2D eigenvalue weighted by molar-refractivity contribution is 5.27. The van der Waals surface area contributed by atoms with Crippen molar-refractivity contribution in [2.75, 3.05) is 20.3 Å². The molecule has 0 aliphatic carbocycles. The smallest absolute Gasteiger partial charge is 0.125 e. The van der Waals surface area contributed by atoms with E-state index in [1.54, 1.807) is 7.11 Å². The zero-order valence-electron chi connectivity index (χ0n) is 13.9. The maximum atomic E-state index is 5.52. The van der Waals surface area contributed by atoms with Crippen molar-refractivity contribution in [3.05, 3.63) is 48.0 Å². The lowest BCUT2D eigenvalue weighted by molar-refractivity contribution is 0.0518. The van der Waals surface area contributed by atoms with Gasteiger partial charge in [0.1, 0.15) is 11.6 Å². The number of aromatic nitrogens is 2. The fourth-order valence-electron chi connectivity index (χ4n) is 3.17. The monoisotopic (exact) mass is 315 g/mol. The molecule has 1 aliphatic rings. The minimum Gasteiger partial charge on any atom is -0.497 e. The molecule has 1 fully saturated rings. The topological polar surface area (TPSA) is 48.3 Å². The summed E-state index contributed by atoms with van der Waals surface area (Å²) < 4.78 is 12.8. The van der Waals surface area contributed by atoms with Gasteiger partial charge in [-0.2, -0.15) is 0 Å². The first-order valence-corrected chi connectivity index (χ1v) is 8.19. The summed E-state index contributed by atoms with van der Waals surface area (Å²) >= 11 is 0. The van der Waals surface area contributed by atoms with E-state index >= 15 is 0 Å². The molecule has 5 nitrogen and oxygen atoms in total. The lowest BCUT2D eigenvalue weighted by atomic mass is 9.91. The number of nitrogens with zero attached hydrogens (tertiary/aromatic N) is 2. The fourth-order valence-corrected chi connectivity index (χ4v) is 3.17. The highest BCUT2D eigenvalue weighted by atomic mass is 16.5. The minimum atomic E-state index is 0.251. The summed E-state index contributed by atoms with van der Waals surface area (Å²) in [6.07, 6.45) is 6.04. The molecule has 23 heavy (non-hydrogen) atoms. The SMILES string of the molecule is COc1ccc(CN[C@H](c2nccn2C)C2CCOCC2)cc1. The van der Waals surface area contributed by atoms with Crippen LogP contribution in [0.15, 0.2) is 36.7 Å². The van der Waals surface area contributed by atoms with Crippen LogP contribution in [0.3, 0.4) is 0 Å². The van der Waals surface area contributed by atoms with Gasteiger partial charge in [-0.25, -0.2) is 4.98 Å². The molecule has 0 amide bonds. The molecule has 0 saturated carbocycles. The highest BCUT2D eigenvalue weighted by Gasteiger charge is 2.27. The van der Waals surface area contributed by atoms with Crippen LogP contribution in [0.4, 0.5) is 0 Å². The third kappa shape index (κ3) is 3.92. The van der Waals surface area contributed by atoms with Gasteiger partial charge < -0.3 is 19.4 Å². The van der Waals surface area contributed by atoms with Crippen molar-refractivity contribution in [3.8, 4) is 5.75 Å². The van der Waals surface area contributed by atoms with Crippen LogP contribution in [0.2, 0.25) is 0 Å². The number of ether oxygens (including phenoxy) is 2. The third-order valence-electron chi connectivity index (χ3n) is 4.56. The molecule has 1 aliphatic heterocycles. The van der Waals surface area contributed by atoms with Gasteiger partial charge in [-0.3, -0.25) is 0 Å². The Morgan fingerprint density at radius 1 is 1.30 bits per heavy atom. The lowest BCUT2D eigenvalue weighted by Gasteiger charge is -2.30. The van der Waals surface area contributed by atoms with Crippen LogP contribution in [0.1, 0.15) is 30.3 Å². The molecule has 124 valence electrons. The molecule has 1 aromatic carbocycles. The molecule has 0 bridgehead atoms. The van der Waals surface area contributed by atoms with Crippen LogP contribution in [0.25, 0.3) is 0 Å². The Morgan fingerprint density at radius 3 is 2.65 bits per heavy atom. The van der Waals surface area contributed by atoms with Crippen molar-refractivity contribution in [3.63, 3.8) is 0 Å². The van der Waals surface area contributed by atoms with Crippen molar-refractivity contribution in [1.29, 1.82) is 0 Å². The molecular formula is C18H25N3O2. The molecule has 2 aromatic rings. The third-order valence-corrected chi connectivity index (χ3v) is 4.56. The Bertz CT molecular complexity index is 603. The molecule has 3 rings (SSSR count). The number of imidazole rings is 1. The van der Waals surface area contributed by atoms with Gasteiger partial charge in [0, 0.05) is 39.2 Å². The number of nitrogens with one attached hydrogen (secondary N) is 1. The Labute approximate surface area is 137 Å². The first kappa shape index (κ1) is 16.0. The molecule has 0 unspecified atom stereocenters. The van der Waals surface area contributed by atoms with E-state index in [0.717, 1.165) is 44.2 Å². The summed E-state index contributed by atoms with van der Waals surface area (Å²) in [7, 11) is 3.75. The van der Waals surface area contributed by atoms with E-state index in [4.69, 9.17) is 9.47 Å². The van der Waals surface area contributed by atoms with E-state index in [1.807, 2.05) is 24.5 Å². The van der Waals surface area contributed by atoms with E-state index < -0.39 is 0 Å². The van der Waals surface area contributed by atoms with Crippen molar-refractivity contribution >= 4 is 0 Å². The van der Waals surface area contributed by atoms with Gasteiger partial charge in [0.25, 0.3) is 0 Å². The summed E-state index contributed by atoms with van der Waals surface area (Å²) in [5.41, 5.74) is 1.25. The Hall–Kier alpha value is -1.85. The Balaban J connectivity index is 1.71. The lowest BCUT2D eigenvalue weighted by Crippen LogP contribution is -2.33. The van der Waals surface area contributed by atoms with E-state index in [9.17, 15) is 0 Å². The van der Waals surface area contributed by atoms with Gasteiger partial charge in [-0.1, -0.05) is 12.1 Å². The standard InChI is InChI=1S/C18H25N3O2/c1-21-10-9-19-18(21)17(15-7-11-23-12-8-15)20-13-14-3-5-16(22-2)6-4-14/h3-6,9-10,15,17,20H,7-8,11-13H2,1-2H3/t17-/m0/s1. The van der Waals surface area contributed by atoms with Gasteiger partial charge in [0.05, 0.1) is 13.2 Å².